The monoisotopic (exact) mass is 270 g/mol. The molecule has 15 heavy (non-hydrogen) atoms. The zero-order chi connectivity index (χ0) is 11.3. The van der Waals surface area contributed by atoms with E-state index in [1.54, 1.807) is 18.2 Å². The molecular formula is C10H11BrN2O2. The van der Waals surface area contributed by atoms with Crippen LogP contribution in [-0.2, 0) is 0 Å². The average Bonchev–Trinajstić information content (AvgIpc) is 2.26. The Morgan fingerprint density at radius 3 is 2.80 bits per heavy atom. The second-order valence-corrected chi connectivity index (χ2v) is 3.88. The van der Waals surface area contributed by atoms with Crippen molar-refractivity contribution in [2.45, 2.75) is 6.10 Å². The van der Waals surface area contributed by atoms with Crippen LogP contribution in [0.3, 0.4) is 0 Å². The Morgan fingerprint density at radius 1 is 1.53 bits per heavy atom. The minimum absolute atomic E-state index is 0.265. The molecule has 0 heterocycles. The van der Waals surface area contributed by atoms with Crippen molar-refractivity contribution in [2.24, 2.45) is 0 Å². The van der Waals surface area contributed by atoms with Crippen LogP contribution in [-0.4, -0.2) is 29.5 Å². The second-order valence-electron chi connectivity index (χ2n) is 3.02. The first-order valence-electron chi connectivity index (χ1n) is 4.40. The lowest BCUT2D eigenvalue weighted by Crippen LogP contribution is -2.23. The summed E-state index contributed by atoms with van der Waals surface area (Å²) in [4.78, 5) is 0. The van der Waals surface area contributed by atoms with Crippen LogP contribution in [0.25, 0.3) is 0 Å². The summed E-state index contributed by atoms with van der Waals surface area (Å²) < 4.78 is 0.756. The Balaban J connectivity index is 2.67. The van der Waals surface area contributed by atoms with Crippen molar-refractivity contribution in [3.8, 4) is 6.07 Å². The number of aliphatic hydroxyl groups excluding tert-OH is 2. The number of rotatable bonds is 4. The summed E-state index contributed by atoms with van der Waals surface area (Å²) >= 11 is 3.30. The van der Waals surface area contributed by atoms with Gasteiger partial charge in [0.15, 0.2) is 0 Å². The van der Waals surface area contributed by atoms with Crippen LogP contribution in [0, 0.1) is 11.3 Å². The van der Waals surface area contributed by atoms with Gasteiger partial charge in [0.1, 0.15) is 0 Å². The molecule has 1 aromatic rings. The molecule has 0 fully saturated rings. The summed E-state index contributed by atoms with van der Waals surface area (Å²) in [5.74, 6) is 0. The average molecular weight is 271 g/mol. The smallest absolute Gasteiger partial charge is 0.0992 e. The lowest BCUT2D eigenvalue weighted by Gasteiger charge is -2.11. The van der Waals surface area contributed by atoms with E-state index in [9.17, 15) is 0 Å². The SMILES string of the molecule is N#Cc1ccc(NC[C@H](O)CO)c(Br)c1. The molecule has 4 nitrogen and oxygen atoms in total. The quantitative estimate of drug-likeness (QED) is 0.766. The van der Waals surface area contributed by atoms with Gasteiger partial charge >= 0.3 is 0 Å². The molecule has 0 spiro atoms. The van der Waals surface area contributed by atoms with E-state index in [0.717, 1.165) is 10.2 Å². The molecule has 0 aliphatic carbocycles. The van der Waals surface area contributed by atoms with E-state index >= 15 is 0 Å². The Kier molecular flexibility index (Phi) is 4.56. The fraction of sp³-hybridized carbons (Fsp3) is 0.300. The number of aliphatic hydroxyl groups is 2. The minimum atomic E-state index is -0.785. The van der Waals surface area contributed by atoms with Gasteiger partial charge in [-0.15, -0.1) is 0 Å². The highest BCUT2D eigenvalue weighted by Crippen LogP contribution is 2.23. The molecule has 1 aromatic carbocycles. The molecule has 0 amide bonds. The molecule has 0 unspecified atom stereocenters. The number of nitrogens with zero attached hydrogens (tertiary/aromatic N) is 1. The van der Waals surface area contributed by atoms with Gasteiger partial charge in [0.05, 0.1) is 24.3 Å². The topological polar surface area (TPSA) is 76.3 Å². The van der Waals surface area contributed by atoms with Gasteiger partial charge < -0.3 is 15.5 Å². The summed E-state index contributed by atoms with van der Waals surface area (Å²) in [7, 11) is 0. The third kappa shape index (κ3) is 3.51. The van der Waals surface area contributed by atoms with Crippen LogP contribution in [0.4, 0.5) is 5.69 Å². The molecule has 0 aliphatic heterocycles. The highest BCUT2D eigenvalue weighted by atomic mass is 79.9. The molecule has 0 aliphatic rings. The van der Waals surface area contributed by atoms with Gasteiger partial charge in [-0.1, -0.05) is 0 Å². The largest absolute Gasteiger partial charge is 0.394 e. The van der Waals surface area contributed by atoms with Crippen LogP contribution in [0.5, 0.6) is 0 Å². The normalized spacial score (nSPS) is 11.9. The molecule has 0 aromatic heterocycles. The van der Waals surface area contributed by atoms with Crippen LogP contribution < -0.4 is 5.32 Å². The van der Waals surface area contributed by atoms with Crippen molar-refractivity contribution in [3.63, 3.8) is 0 Å². The van der Waals surface area contributed by atoms with Gasteiger partial charge in [-0.3, -0.25) is 0 Å². The molecule has 1 atom stereocenters. The Labute approximate surface area is 96.3 Å². The van der Waals surface area contributed by atoms with Gasteiger partial charge in [-0.25, -0.2) is 0 Å². The third-order valence-corrected chi connectivity index (χ3v) is 2.49. The molecule has 1 rings (SSSR count). The summed E-state index contributed by atoms with van der Waals surface area (Å²) in [6.45, 7) is -0.0120. The zero-order valence-corrected chi connectivity index (χ0v) is 9.53. The van der Waals surface area contributed by atoms with Crippen LogP contribution in [0.15, 0.2) is 22.7 Å². The maximum absolute atomic E-state index is 9.13. The number of nitrogens with one attached hydrogen (secondary N) is 1. The first-order chi connectivity index (χ1) is 7.17. The standard InChI is InChI=1S/C10H11BrN2O2/c11-9-3-7(4-12)1-2-10(9)13-5-8(15)6-14/h1-3,8,13-15H,5-6H2/t8-/m0/s1. The van der Waals surface area contributed by atoms with E-state index in [0.29, 0.717) is 5.56 Å². The van der Waals surface area contributed by atoms with E-state index in [1.807, 2.05) is 6.07 Å². The summed E-state index contributed by atoms with van der Waals surface area (Å²) in [5.41, 5.74) is 1.34. The first kappa shape index (κ1) is 12.0. The van der Waals surface area contributed by atoms with E-state index < -0.39 is 6.10 Å². The Morgan fingerprint density at radius 2 is 2.27 bits per heavy atom. The maximum atomic E-state index is 9.13. The molecular weight excluding hydrogens is 260 g/mol. The molecule has 80 valence electrons. The van der Waals surface area contributed by atoms with Crippen molar-refractivity contribution in [1.82, 2.24) is 0 Å². The van der Waals surface area contributed by atoms with Gasteiger partial charge in [-0.05, 0) is 34.1 Å². The van der Waals surface area contributed by atoms with Gasteiger partial charge in [0, 0.05) is 16.7 Å². The Hall–Kier alpha value is -1.09. The molecule has 0 radical (unpaired) electrons. The Bertz CT molecular complexity index is 376. The van der Waals surface area contributed by atoms with Crippen LogP contribution >= 0.6 is 15.9 Å². The number of benzene rings is 1. The number of anilines is 1. The molecule has 3 N–H and O–H groups in total. The number of halogens is 1. The summed E-state index contributed by atoms with van der Waals surface area (Å²) in [6, 6.07) is 7.13. The molecule has 0 saturated heterocycles. The predicted octanol–water partition coefficient (Wildman–Crippen LogP) is 1.09. The van der Waals surface area contributed by atoms with Gasteiger partial charge in [-0.2, -0.15) is 5.26 Å². The van der Waals surface area contributed by atoms with Crippen molar-refractivity contribution in [2.75, 3.05) is 18.5 Å². The summed E-state index contributed by atoms with van der Waals surface area (Å²) in [6.07, 6.45) is -0.785. The third-order valence-electron chi connectivity index (χ3n) is 1.84. The highest BCUT2D eigenvalue weighted by Gasteiger charge is 2.04. The van der Waals surface area contributed by atoms with E-state index in [2.05, 4.69) is 21.2 Å². The lowest BCUT2D eigenvalue weighted by atomic mass is 10.2. The van der Waals surface area contributed by atoms with Gasteiger partial charge in [0.25, 0.3) is 0 Å². The van der Waals surface area contributed by atoms with E-state index in [1.165, 1.54) is 0 Å². The minimum Gasteiger partial charge on any atom is -0.394 e. The maximum Gasteiger partial charge on any atom is 0.0992 e. The first-order valence-corrected chi connectivity index (χ1v) is 5.19. The van der Waals surface area contributed by atoms with Gasteiger partial charge in [0.2, 0.25) is 0 Å². The van der Waals surface area contributed by atoms with E-state index in [-0.39, 0.29) is 13.2 Å². The van der Waals surface area contributed by atoms with Crippen LogP contribution in [0.1, 0.15) is 5.56 Å². The number of nitriles is 1. The van der Waals surface area contributed by atoms with Crippen molar-refractivity contribution >= 4 is 21.6 Å². The fourth-order valence-corrected chi connectivity index (χ4v) is 1.54. The van der Waals surface area contributed by atoms with Crippen LogP contribution in [0.2, 0.25) is 0 Å². The molecule has 0 saturated carbocycles. The fourth-order valence-electron chi connectivity index (χ4n) is 1.02. The van der Waals surface area contributed by atoms with E-state index in [4.69, 9.17) is 15.5 Å². The summed E-state index contributed by atoms with van der Waals surface area (Å²) in [5, 5.41) is 29.3. The number of hydrogen-bond acceptors (Lipinski definition) is 4. The second kappa shape index (κ2) is 5.71. The molecule has 0 bridgehead atoms. The predicted molar refractivity (Wildman–Crippen MR) is 60.4 cm³/mol. The number of hydrogen-bond donors (Lipinski definition) is 3. The zero-order valence-electron chi connectivity index (χ0n) is 7.94. The molecule has 5 heteroatoms. The van der Waals surface area contributed by atoms with Crippen molar-refractivity contribution in [3.05, 3.63) is 28.2 Å². The van der Waals surface area contributed by atoms with Crippen molar-refractivity contribution in [1.29, 1.82) is 5.26 Å². The lowest BCUT2D eigenvalue weighted by molar-refractivity contribution is 0.105. The van der Waals surface area contributed by atoms with Crippen molar-refractivity contribution < 1.29 is 10.2 Å². The highest BCUT2D eigenvalue weighted by molar-refractivity contribution is 9.10.